The summed E-state index contributed by atoms with van der Waals surface area (Å²) in [6, 6.07) is 0. The molecule has 2 aliphatic rings. The molecule has 2 rings (SSSR count). The normalized spacial score (nSPS) is 35.1. The van der Waals surface area contributed by atoms with Crippen LogP contribution in [0.2, 0.25) is 0 Å². The van der Waals surface area contributed by atoms with E-state index in [9.17, 15) is 4.79 Å². The number of hydrogen-bond acceptors (Lipinski definition) is 1. The van der Waals surface area contributed by atoms with Crippen molar-refractivity contribution in [2.45, 2.75) is 78.1 Å². The predicted octanol–water partition coefficient (Wildman–Crippen LogP) is 4.74. The van der Waals surface area contributed by atoms with Gasteiger partial charge >= 0.3 is 0 Å². The maximum absolute atomic E-state index is 12.1. The molecule has 0 heterocycles. The summed E-state index contributed by atoms with van der Waals surface area (Å²) in [6.07, 6.45) is 13.5. The Kier molecular flexibility index (Phi) is 4.27. The molecule has 0 aliphatic heterocycles. The lowest BCUT2D eigenvalue weighted by Gasteiger charge is -2.50. The molecule has 2 fully saturated rings. The van der Waals surface area contributed by atoms with Gasteiger partial charge in [0.1, 0.15) is 5.78 Å². The standard InChI is InChI=1S/C16H28O/c1-16(2)14-12-10-8-6-4-3-5-7-9-11-13(14)15(16)17/h13-14H,3-12H2,1-2H3. The first-order chi connectivity index (χ1) is 8.14. The van der Waals surface area contributed by atoms with Crippen molar-refractivity contribution < 1.29 is 4.79 Å². The van der Waals surface area contributed by atoms with Crippen LogP contribution in [-0.4, -0.2) is 5.78 Å². The first kappa shape index (κ1) is 13.1. The third kappa shape index (κ3) is 2.74. The van der Waals surface area contributed by atoms with Crippen molar-refractivity contribution in [2.24, 2.45) is 17.3 Å². The summed E-state index contributed by atoms with van der Waals surface area (Å²) in [6.45, 7) is 4.34. The molecule has 0 aromatic rings. The van der Waals surface area contributed by atoms with E-state index in [0.29, 0.717) is 17.6 Å². The predicted molar refractivity (Wildman–Crippen MR) is 71.9 cm³/mol. The minimum atomic E-state index is -0.00518. The van der Waals surface area contributed by atoms with Crippen LogP contribution in [0.15, 0.2) is 0 Å². The van der Waals surface area contributed by atoms with E-state index in [1.54, 1.807) is 0 Å². The topological polar surface area (TPSA) is 17.1 Å². The van der Waals surface area contributed by atoms with Crippen LogP contribution < -0.4 is 0 Å². The molecule has 2 saturated carbocycles. The fraction of sp³-hybridized carbons (Fsp3) is 0.938. The first-order valence-corrected chi connectivity index (χ1v) is 7.68. The summed E-state index contributed by atoms with van der Waals surface area (Å²) in [7, 11) is 0. The lowest BCUT2D eigenvalue weighted by atomic mass is 9.52. The molecular formula is C16H28O. The third-order valence-electron chi connectivity index (χ3n) is 5.16. The summed E-state index contributed by atoms with van der Waals surface area (Å²) in [5.41, 5.74) is -0.00518. The maximum Gasteiger partial charge on any atom is 0.142 e. The Labute approximate surface area is 106 Å². The van der Waals surface area contributed by atoms with E-state index < -0.39 is 0 Å². The second-order valence-corrected chi connectivity index (χ2v) is 6.70. The van der Waals surface area contributed by atoms with E-state index in [1.807, 2.05) is 0 Å². The minimum Gasteiger partial charge on any atom is -0.299 e. The highest BCUT2D eigenvalue weighted by atomic mass is 16.1. The Morgan fingerprint density at radius 2 is 1.29 bits per heavy atom. The van der Waals surface area contributed by atoms with Crippen molar-refractivity contribution in [2.75, 3.05) is 0 Å². The van der Waals surface area contributed by atoms with Crippen molar-refractivity contribution in [3.05, 3.63) is 0 Å². The Balaban J connectivity index is 1.92. The van der Waals surface area contributed by atoms with E-state index in [0.717, 1.165) is 0 Å². The summed E-state index contributed by atoms with van der Waals surface area (Å²) in [4.78, 5) is 12.1. The highest BCUT2D eigenvalue weighted by molar-refractivity contribution is 5.93. The molecule has 0 bridgehead atoms. The van der Waals surface area contributed by atoms with Gasteiger partial charge < -0.3 is 0 Å². The Morgan fingerprint density at radius 1 is 0.824 bits per heavy atom. The van der Waals surface area contributed by atoms with Crippen molar-refractivity contribution in [3.63, 3.8) is 0 Å². The smallest absolute Gasteiger partial charge is 0.142 e. The van der Waals surface area contributed by atoms with Crippen molar-refractivity contribution in [1.82, 2.24) is 0 Å². The second kappa shape index (κ2) is 5.54. The van der Waals surface area contributed by atoms with Gasteiger partial charge in [0, 0.05) is 11.3 Å². The molecule has 1 nitrogen and oxygen atoms in total. The van der Waals surface area contributed by atoms with Gasteiger partial charge in [-0.3, -0.25) is 4.79 Å². The van der Waals surface area contributed by atoms with Crippen LogP contribution in [-0.2, 0) is 4.79 Å². The Morgan fingerprint density at radius 3 is 1.88 bits per heavy atom. The van der Waals surface area contributed by atoms with Gasteiger partial charge in [-0.05, 0) is 18.8 Å². The molecule has 98 valence electrons. The van der Waals surface area contributed by atoms with Gasteiger partial charge in [-0.25, -0.2) is 0 Å². The molecule has 1 heteroatoms. The monoisotopic (exact) mass is 236 g/mol. The van der Waals surface area contributed by atoms with Crippen molar-refractivity contribution in [3.8, 4) is 0 Å². The maximum atomic E-state index is 12.1. The minimum absolute atomic E-state index is 0.00518. The lowest BCUT2D eigenvalue weighted by molar-refractivity contribution is -0.154. The Bertz CT molecular complexity index is 267. The fourth-order valence-electron chi connectivity index (χ4n) is 3.93. The number of carbonyl (C=O) groups is 1. The molecule has 0 saturated heterocycles. The summed E-state index contributed by atoms with van der Waals surface area (Å²) in [5, 5.41) is 0. The molecule has 2 unspecified atom stereocenters. The van der Waals surface area contributed by atoms with Crippen LogP contribution >= 0.6 is 0 Å². The van der Waals surface area contributed by atoms with Crippen LogP contribution in [0.25, 0.3) is 0 Å². The SMILES string of the molecule is CC1(C)C(=O)C2CCCCCCCCCCC21. The van der Waals surface area contributed by atoms with Gasteiger partial charge in [0.25, 0.3) is 0 Å². The zero-order valence-corrected chi connectivity index (χ0v) is 11.6. The van der Waals surface area contributed by atoms with Gasteiger partial charge in [-0.15, -0.1) is 0 Å². The fourth-order valence-corrected chi connectivity index (χ4v) is 3.93. The first-order valence-electron chi connectivity index (χ1n) is 7.68. The average Bonchev–Trinajstić information content (AvgIpc) is 2.29. The van der Waals surface area contributed by atoms with E-state index in [2.05, 4.69) is 13.8 Å². The molecular weight excluding hydrogens is 208 g/mol. The van der Waals surface area contributed by atoms with Crippen LogP contribution in [0, 0.1) is 17.3 Å². The quantitative estimate of drug-likeness (QED) is 0.593. The molecule has 0 aromatic heterocycles. The molecule has 17 heavy (non-hydrogen) atoms. The highest BCUT2D eigenvalue weighted by Gasteiger charge is 2.54. The second-order valence-electron chi connectivity index (χ2n) is 6.70. The third-order valence-corrected chi connectivity index (χ3v) is 5.16. The molecule has 2 aliphatic carbocycles. The molecule has 2 atom stereocenters. The van der Waals surface area contributed by atoms with Crippen LogP contribution in [0.4, 0.5) is 0 Å². The number of Topliss-reactive ketones (excluding diaryl/α,β-unsaturated/α-hetero) is 1. The molecule has 0 N–H and O–H groups in total. The Hall–Kier alpha value is -0.330. The van der Waals surface area contributed by atoms with Gasteiger partial charge in [-0.2, -0.15) is 0 Å². The van der Waals surface area contributed by atoms with E-state index in [-0.39, 0.29) is 5.41 Å². The lowest BCUT2D eigenvalue weighted by Crippen LogP contribution is -2.54. The van der Waals surface area contributed by atoms with E-state index >= 15 is 0 Å². The number of carbonyl (C=O) groups excluding carboxylic acids is 1. The van der Waals surface area contributed by atoms with Crippen LogP contribution in [0.1, 0.15) is 78.1 Å². The number of ketones is 1. The van der Waals surface area contributed by atoms with Gasteiger partial charge in [0.05, 0.1) is 0 Å². The zero-order valence-electron chi connectivity index (χ0n) is 11.6. The van der Waals surface area contributed by atoms with E-state index in [4.69, 9.17) is 0 Å². The molecule has 0 amide bonds. The van der Waals surface area contributed by atoms with E-state index in [1.165, 1.54) is 64.2 Å². The van der Waals surface area contributed by atoms with Gasteiger partial charge in [-0.1, -0.05) is 65.2 Å². The largest absolute Gasteiger partial charge is 0.299 e. The van der Waals surface area contributed by atoms with Crippen molar-refractivity contribution >= 4 is 5.78 Å². The molecule has 0 spiro atoms. The average molecular weight is 236 g/mol. The summed E-state index contributed by atoms with van der Waals surface area (Å²) in [5.74, 6) is 1.67. The number of hydrogen-bond donors (Lipinski definition) is 0. The number of fused-ring (bicyclic) bond motifs is 1. The number of rotatable bonds is 0. The van der Waals surface area contributed by atoms with Crippen LogP contribution in [0.3, 0.4) is 0 Å². The van der Waals surface area contributed by atoms with Gasteiger partial charge in [0.15, 0.2) is 0 Å². The van der Waals surface area contributed by atoms with Gasteiger partial charge in [0.2, 0.25) is 0 Å². The molecule has 0 aromatic carbocycles. The summed E-state index contributed by atoms with van der Waals surface area (Å²) < 4.78 is 0. The summed E-state index contributed by atoms with van der Waals surface area (Å²) >= 11 is 0. The zero-order chi connectivity index (χ0) is 12.3. The van der Waals surface area contributed by atoms with Crippen molar-refractivity contribution in [1.29, 1.82) is 0 Å². The highest BCUT2D eigenvalue weighted by Crippen LogP contribution is 2.51. The molecule has 0 radical (unpaired) electrons. The van der Waals surface area contributed by atoms with Crippen LogP contribution in [0.5, 0.6) is 0 Å².